The van der Waals surface area contributed by atoms with Gasteiger partial charge in [0.2, 0.25) is 5.91 Å². The number of carbonyl (C=O) groups is 2. The van der Waals surface area contributed by atoms with Gasteiger partial charge in [-0.05, 0) is 35.9 Å². The molecule has 0 radical (unpaired) electrons. The van der Waals surface area contributed by atoms with Crippen molar-refractivity contribution in [3.8, 4) is 0 Å². The van der Waals surface area contributed by atoms with E-state index >= 15 is 0 Å². The molecule has 1 aromatic carbocycles. The van der Waals surface area contributed by atoms with E-state index in [4.69, 9.17) is 10.6 Å². The number of fused-ring (bicyclic) bond motifs is 1. The van der Waals surface area contributed by atoms with Crippen LogP contribution in [-0.4, -0.2) is 35.0 Å². The Labute approximate surface area is 133 Å². The Bertz CT molecular complexity index is 734. The molecule has 3 N–H and O–H groups in total. The lowest BCUT2D eigenvalue weighted by Gasteiger charge is -2.20. The summed E-state index contributed by atoms with van der Waals surface area (Å²) in [6.07, 6.45) is 3.17. The predicted octanol–water partition coefficient (Wildman–Crippen LogP) is 0.986. The Kier molecular flexibility index (Phi) is 4.38. The average Bonchev–Trinajstić information content (AvgIpc) is 3.01. The second-order valence-electron chi connectivity index (χ2n) is 5.47. The van der Waals surface area contributed by atoms with Gasteiger partial charge in [-0.1, -0.05) is 12.1 Å². The van der Waals surface area contributed by atoms with Gasteiger partial charge in [0.25, 0.3) is 0 Å². The normalized spacial score (nSPS) is 18.0. The van der Waals surface area contributed by atoms with E-state index in [1.807, 2.05) is 24.3 Å². The Hall–Kier alpha value is -2.67. The summed E-state index contributed by atoms with van der Waals surface area (Å²) < 4.78 is 0. The zero-order valence-electron chi connectivity index (χ0n) is 12.6. The number of benzene rings is 1. The van der Waals surface area contributed by atoms with Crippen LogP contribution in [0.25, 0.3) is 10.8 Å². The van der Waals surface area contributed by atoms with E-state index in [-0.39, 0.29) is 5.91 Å². The smallest absolute Gasteiger partial charge is 0.313 e. The van der Waals surface area contributed by atoms with Gasteiger partial charge in [-0.25, -0.2) is 4.98 Å². The molecule has 7 heteroatoms. The van der Waals surface area contributed by atoms with E-state index in [9.17, 15) is 9.59 Å². The van der Waals surface area contributed by atoms with Gasteiger partial charge in [-0.3, -0.25) is 9.59 Å². The van der Waals surface area contributed by atoms with E-state index in [2.05, 4.69) is 10.3 Å². The lowest BCUT2D eigenvalue weighted by molar-refractivity contribution is -0.180. The van der Waals surface area contributed by atoms with Crippen molar-refractivity contribution in [1.82, 2.24) is 15.4 Å². The number of nitrogen functional groups attached to an aromatic ring is 1. The molecule has 0 saturated carbocycles. The van der Waals surface area contributed by atoms with Gasteiger partial charge >= 0.3 is 6.47 Å². The van der Waals surface area contributed by atoms with Gasteiger partial charge in [0, 0.05) is 24.7 Å². The van der Waals surface area contributed by atoms with Gasteiger partial charge < -0.3 is 15.9 Å². The SMILES string of the molecule is Nc1nccc2cc(CNC(=O)[C@@H]3CCCN3OC=O)ccc12. The van der Waals surface area contributed by atoms with Crippen LogP contribution in [0, 0.1) is 0 Å². The van der Waals surface area contributed by atoms with E-state index in [1.165, 1.54) is 5.06 Å². The maximum atomic E-state index is 12.2. The quantitative estimate of drug-likeness (QED) is 0.799. The van der Waals surface area contributed by atoms with Crippen molar-refractivity contribution < 1.29 is 14.4 Å². The third-order valence-corrected chi connectivity index (χ3v) is 4.01. The van der Waals surface area contributed by atoms with E-state index in [0.717, 1.165) is 22.8 Å². The molecule has 2 heterocycles. The summed E-state index contributed by atoms with van der Waals surface area (Å²) in [4.78, 5) is 31.6. The lowest BCUT2D eigenvalue weighted by atomic mass is 10.1. The number of pyridine rings is 1. The minimum Gasteiger partial charge on any atom is -0.383 e. The molecule has 0 unspecified atom stereocenters. The number of nitrogens with one attached hydrogen (secondary N) is 1. The summed E-state index contributed by atoms with van der Waals surface area (Å²) in [5, 5.41) is 6.19. The van der Waals surface area contributed by atoms with Crippen LogP contribution in [0.1, 0.15) is 18.4 Å². The highest BCUT2D eigenvalue weighted by Gasteiger charge is 2.32. The molecule has 120 valence electrons. The van der Waals surface area contributed by atoms with Gasteiger partial charge in [0.15, 0.2) is 0 Å². The van der Waals surface area contributed by atoms with Crippen molar-refractivity contribution in [2.75, 3.05) is 12.3 Å². The molecule has 0 spiro atoms. The Morgan fingerprint density at radius 2 is 2.35 bits per heavy atom. The highest BCUT2D eigenvalue weighted by Crippen LogP contribution is 2.20. The van der Waals surface area contributed by atoms with E-state index in [1.54, 1.807) is 6.20 Å². The van der Waals surface area contributed by atoms with Crippen molar-refractivity contribution in [3.63, 3.8) is 0 Å². The maximum absolute atomic E-state index is 12.2. The Morgan fingerprint density at radius 3 is 3.17 bits per heavy atom. The molecule has 0 aliphatic carbocycles. The third kappa shape index (κ3) is 3.24. The largest absolute Gasteiger partial charge is 0.383 e. The van der Waals surface area contributed by atoms with Crippen molar-refractivity contribution in [1.29, 1.82) is 0 Å². The van der Waals surface area contributed by atoms with Crippen molar-refractivity contribution in [3.05, 3.63) is 36.0 Å². The van der Waals surface area contributed by atoms with Crippen LogP contribution < -0.4 is 11.1 Å². The number of anilines is 1. The molecule has 1 aliphatic rings. The molecule has 7 nitrogen and oxygen atoms in total. The molecule has 2 aromatic rings. The first-order chi connectivity index (χ1) is 11.2. The first-order valence-corrected chi connectivity index (χ1v) is 7.47. The fraction of sp³-hybridized carbons (Fsp3) is 0.312. The molecule has 1 saturated heterocycles. The second-order valence-corrected chi connectivity index (χ2v) is 5.47. The number of hydrogen-bond donors (Lipinski definition) is 2. The summed E-state index contributed by atoms with van der Waals surface area (Å²) in [5.41, 5.74) is 6.80. The zero-order valence-corrected chi connectivity index (χ0v) is 12.6. The molecule has 23 heavy (non-hydrogen) atoms. The number of hydroxylamine groups is 2. The topological polar surface area (TPSA) is 97.5 Å². The highest BCUT2D eigenvalue weighted by atomic mass is 16.7. The molecule has 3 rings (SSSR count). The van der Waals surface area contributed by atoms with Crippen LogP contribution >= 0.6 is 0 Å². The molecule has 1 aliphatic heterocycles. The number of hydrogen-bond acceptors (Lipinski definition) is 6. The minimum atomic E-state index is -0.416. The fourth-order valence-corrected chi connectivity index (χ4v) is 2.85. The van der Waals surface area contributed by atoms with Crippen molar-refractivity contribution in [2.45, 2.75) is 25.4 Å². The molecule has 1 aromatic heterocycles. The second kappa shape index (κ2) is 6.62. The van der Waals surface area contributed by atoms with Crippen LogP contribution in [0.15, 0.2) is 30.5 Å². The average molecular weight is 314 g/mol. The Morgan fingerprint density at radius 1 is 1.48 bits per heavy atom. The lowest BCUT2D eigenvalue weighted by Crippen LogP contribution is -2.42. The van der Waals surface area contributed by atoms with Crippen molar-refractivity contribution in [2.24, 2.45) is 0 Å². The van der Waals surface area contributed by atoms with Crippen LogP contribution in [0.4, 0.5) is 5.82 Å². The fourth-order valence-electron chi connectivity index (χ4n) is 2.85. The number of aromatic nitrogens is 1. The van der Waals surface area contributed by atoms with Crippen LogP contribution in [0.3, 0.4) is 0 Å². The number of rotatable bonds is 5. The summed E-state index contributed by atoms with van der Waals surface area (Å²) in [6.45, 7) is 1.34. The number of nitrogens with two attached hydrogens (primary N) is 1. The molecule has 1 amide bonds. The van der Waals surface area contributed by atoms with Crippen LogP contribution in [-0.2, 0) is 21.0 Å². The minimum absolute atomic E-state index is 0.140. The molecule has 1 fully saturated rings. The molecular weight excluding hydrogens is 296 g/mol. The van der Waals surface area contributed by atoms with Gasteiger partial charge in [-0.2, -0.15) is 0 Å². The van der Waals surface area contributed by atoms with E-state index < -0.39 is 6.04 Å². The summed E-state index contributed by atoms with van der Waals surface area (Å²) in [6, 6.07) is 7.25. The third-order valence-electron chi connectivity index (χ3n) is 4.01. The van der Waals surface area contributed by atoms with Gasteiger partial charge in [0.05, 0.1) is 0 Å². The standard InChI is InChI=1S/C16H18N4O3/c17-15-13-4-3-11(8-12(13)5-6-18-15)9-19-16(22)14-2-1-7-20(14)23-10-21/h3-6,8,10,14H,1-2,7,9H2,(H2,17,18)(H,19,22)/t14-/m0/s1. The first-order valence-electron chi connectivity index (χ1n) is 7.47. The molecular formula is C16H18N4O3. The first kappa shape index (κ1) is 15.2. The number of nitrogens with zero attached hydrogens (tertiary/aromatic N) is 2. The molecule has 0 bridgehead atoms. The monoisotopic (exact) mass is 314 g/mol. The maximum Gasteiger partial charge on any atom is 0.313 e. The molecule has 1 atom stereocenters. The van der Waals surface area contributed by atoms with E-state index in [0.29, 0.717) is 31.8 Å². The number of carbonyl (C=O) groups excluding carboxylic acids is 2. The highest BCUT2D eigenvalue weighted by molar-refractivity contribution is 5.91. The Balaban J connectivity index is 1.66. The predicted molar refractivity (Wildman–Crippen MR) is 84.9 cm³/mol. The van der Waals surface area contributed by atoms with Crippen LogP contribution in [0.5, 0.6) is 0 Å². The summed E-state index contributed by atoms with van der Waals surface area (Å²) in [7, 11) is 0. The summed E-state index contributed by atoms with van der Waals surface area (Å²) in [5.74, 6) is 0.351. The summed E-state index contributed by atoms with van der Waals surface area (Å²) >= 11 is 0. The van der Waals surface area contributed by atoms with Crippen molar-refractivity contribution >= 4 is 29.0 Å². The zero-order chi connectivity index (χ0) is 16.2. The van der Waals surface area contributed by atoms with Gasteiger partial charge in [-0.15, -0.1) is 5.06 Å². The van der Waals surface area contributed by atoms with Crippen LogP contribution in [0.2, 0.25) is 0 Å². The van der Waals surface area contributed by atoms with Gasteiger partial charge in [0.1, 0.15) is 11.9 Å². The number of amides is 1.